The van der Waals surface area contributed by atoms with Gasteiger partial charge >= 0.3 is 0 Å². The second-order valence-corrected chi connectivity index (χ2v) is 5.50. The van der Waals surface area contributed by atoms with E-state index in [9.17, 15) is 4.39 Å². The Balaban J connectivity index is 1.85. The van der Waals surface area contributed by atoms with Crippen LogP contribution in [0.3, 0.4) is 0 Å². The third-order valence-corrected chi connectivity index (χ3v) is 4.40. The summed E-state index contributed by atoms with van der Waals surface area (Å²) in [4.78, 5) is 4.81. The minimum atomic E-state index is -0.277. The lowest BCUT2D eigenvalue weighted by Crippen LogP contribution is -2.63. The molecule has 3 heterocycles. The molecule has 3 saturated heterocycles. The Hall–Kier alpha value is -0.680. The van der Waals surface area contributed by atoms with Gasteiger partial charge in [0.2, 0.25) is 0 Å². The lowest BCUT2D eigenvalue weighted by Gasteiger charge is -2.49. The summed E-state index contributed by atoms with van der Waals surface area (Å²) < 4.78 is 13.3. The number of nitrogens with zero attached hydrogens (tertiary/aromatic N) is 2. The highest BCUT2D eigenvalue weighted by Gasteiger charge is 2.36. The number of fused-ring (bicyclic) bond motifs is 3. The number of piperazine rings is 3. The maximum atomic E-state index is 13.3. The average Bonchev–Trinajstić information content (AvgIpc) is 2.42. The molecule has 2 atom stereocenters. The van der Waals surface area contributed by atoms with Gasteiger partial charge in [-0.25, -0.2) is 4.39 Å². The van der Waals surface area contributed by atoms with E-state index >= 15 is 0 Å². The van der Waals surface area contributed by atoms with Gasteiger partial charge in [-0.05, 0) is 23.8 Å². The van der Waals surface area contributed by atoms with Crippen LogP contribution in [-0.4, -0.2) is 48.6 Å². The standard InChI is InChI=1S/C13H17ClFN3/c14-11-2-1-9(15)7-10(11)13(16)12-8-17-3-5-18(12)6-4-17/h1-2,7,12-13H,3-6,8,16H2. The molecule has 18 heavy (non-hydrogen) atoms. The van der Waals surface area contributed by atoms with E-state index in [0.29, 0.717) is 5.02 Å². The van der Waals surface area contributed by atoms with Crippen molar-refractivity contribution in [3.05, 3.63) is 34.6 Å². The van der Waals surface area contributed by atoms with Gasteiger partial charge in [-0.3, -0.25) is 9.80 Å². The first-order chi connectivity index (χ1) is 8.65. The maximum Gasteiger partial charge on any atom is 0.123 e. The molecule has 3 nitrogen and oxygen atoms in total. The van der Waals surface area contributed by atoms with Gasteiger partial charge in [0.25, 0.3) is 0 Å². The van der Waals surface area contributed by atoms with E-state index in [1.54, 1.807) is 6.07 Å². The molecule has 2 N–H and O–H groups in total. The van der Waals surface area contributed by atoms with Crippen molar-refractivity contribution in [1.29, 1.82) is 0 Å². The molecule has 1 aromatic carbocycles. The molecule has 1 aromatic rings. The molecule has 0 saturated carbocycles. The van der Waals surface area contributed by atoms with Crippen LogP contribution in [0.1, 0.15) is 11.6 Å². The predicted octanol–water partition coefficient (Wildman–Crippen LogP) is 1.48. The quantitative estimate of drug-likeness (QED) is 0.883. The van der Waals surface area contributed by atoms with Crippen LogP contribution in [0.25, 0.3) is 0 Å². The number of hydrogen-bond acceptors (Lipinski definition) is 3. The Kier molecular flexibility index (Phi) is 3.28. The van der Waals surface area contributed by atoms with Crippen LogP contribution in [0, 0.1) is 5.82 Å². The number of benzene rings is 1. The third kappa shape index (κ3) is 2.14. The van der Waals surface area contributed by atoms with E-state index in [0.717, 1.165) is 38.3 Å². The highest BCUT2D eigenvalue weighted by Crippen LogP contribution is 2.30. The highest BCUT2D eigenvalue weighted by atomic mass is 35.5. The number of halogens is 2. The number of hydrogen-bond donors (Lipinski definition) is 1. The van der Waals surface area contributed by atoms with Crippen molar-refractivity contribution in [3.63, 3.8) is 0 Å². The van der Waals surface area contributed by atoms with Crippen molar-refractivity contribution >= 4 is 11.6 Å². The van der Waals surface area contributed by atoms with Gasteiger partial charge in [0.05, 0.1) is 0 Å². The van der Waals surface area contributed by atoms with Crippen molar-refractivity contribution in [1.82, 2.24) is 9.80 Å². The zero-order chi connectivity index (χ0) is 12.7. The van der Waals surface area contributed by atoms with Crippen molar-refractivity contribution in [3.8, 4) is 0 Å². The Morgan fingerprint density at radius 2 is 2.00 bits per heavy atom. The SMILES string of the molecule is NC(c1cc(F)ccc1Cl)C1CN2CCN1CC2. The summed E-state index contributed by atoms with van der Waals surface area (Å²) in [6.45, 7) is 5.27. The van der Waals surface area contributed by atoms with Gasteiger partial charge in [0.1, 0.15) is 5.82 Å². The van der Waals surface area contributed by atoms with E-state index in [1.807, 2.05) is 0 Å². The molecule has 3 aliphatic rings. The lowest BCUT2D eigenvalue weighted by atomic mass is 9.94. The lowest BCUT2D eigenvalue weighted by molar-refractivity contribution is 0.00212. The fourth-order valence-electron chi connectivity index (χ4n) is 2.98. The van der Waals surface area contributed by atoms with Crippen molar-refractivity contribution in [2.75, 3.05) is 32.7 Å². The van der Waals surface area contributed by atoms with E-state index in [1.165, 1.54) is 12.1 Å². The van der Waals surface area contributed by atoms with Gasteiger partial charge < -0.3 is 5.73 Å². The fraction of sp³-hybridized carbons (Fsp3) is 0.538. The average molecular weight is 270 g/mol. The maximum absolute atomic E-state index is 13.3. The topological polar surface area (TPSA) is 32.5 Å². The van der Waals surface area contributed by atoms with Crippen LogP contribution >= 0.6 is 11.6 Å². The molecule has 0 radical (unpaired) electrons. The molecule has 4 rings (SSSR count). The van der Waals surface area contributed by atoms with Crippen LogP contribution in [0.4, 0.5) is 4.39 Å². The monoisotopic (exact) mass is 269 g/mol. The molecule has 3 fully saturated rings. The summed E-state index contributed by atoms with van der Waals surface area (Å²) >= 11 is 6.13. The zero-order valence-corrected chi connectivity index (χ0v) is 10.9. The summed E-state index contributed by atoms with van der Waals surface area (Å²) in [6, 6.07) is 4.44. The molecule has 98 valence electrons. The van der Waals surface area contributed by atoms with Crippen LogP contribution in [0.15, 0.2) is 18.2 Å². The van der Waals surface area contributed by atoms with Crippen molar-refractivity contribution < 1.29 is 4.39 Å². The molecular formula is C13H17ClFN3. The predicted molar refractivity (Wildman–Crippen MR) is 70.1 cm³/mol. The van der Waals surface area contributed by atoms with Crippen LogP contribution in [-0.2, 0) is 0 Å². The molecule has 2 bridgehead atoms. The summed E-state index contributed by atoms with van der Waals surface area (Å²) in [5.74, 6) is -0.277. The van der Waals surface area contributed by atoms with Gasteiger partial charge in [-0.15, -0.1) is 0 Å². The van der Waals surface area contributed by atoms with Crippen molar-refractivity contribution in [2.45, 2.75) is 12.1 Å². The number of nitrogens with two attached hydrogens (primary N) is 1. The molecule has 3 aliphatic heterocycles. The largest absolute Gasteiger partial charge is 0.323 e. The molecule has 0 amide bonds. The fourth-order valence-corrected chi connectivity index (χ4v) is 3.22. The minimum Gasteiger partial charge on any atom is -0.323 e. The summed E-state index contributed by atoms with van der Waals surface area (Å²) in [5.41, 5.74) is 7.02. The van der Waals surface area contributed by atoms with Gasteiger partial charge in [0.15, 0.2) is 0 Å². The van der Waals surface area contributed by atoms with Gasteiger partial charge in [0, 0.05) is 49.8 Å². The van der Waals surface area contributed by atoms with Gasteiger partial charge in [-0.1, -0.05) is 11.6 Å². The summed E-state index contributed by atoms with van der Waals surface area (Å²) in [7, 11) is 0. The third-order valence-electron chi connectivity index (χ3n) is 4.05. The Bertz CT molecular complexity index is 446. The molecular weight excluding hydrogens is 253 g/mol. The van der Waals surface area contributed by atoms with E-state index in [-0.39, 0.29) is 17.9 Å². The van der Waals surface area contributed by atoms with Crippen molar-refractivity contribution in [2.24, 2.45) is 5.73 Å². The second-order valence-electron chi connectivity index (χ2n) is 5.10. The summed E-state index contributed by atoms with van der Waals surface area (Å²) in [5, 5.41) is 0.557. The smallest absolute Gasteiger partial charge is 0.123 e. The minimum absolute atomic E-state index is 0.226. The van der Waals surface area contributed by atoms with Crippen LogP contribution in [0.2, 0.25) is 5.02 Å². The number of rotatable bonds is 2. The Labute approximate surface area is 111 Å². The van der Waals surface area contributed by atoms with Gasteiger partial charge in [-0.2, -0.15) is 0 Å². The highest BCUT2D eigenvalue weighted by molar-refractivity contribution is 6.31. The summed E-state index contributed by atoms with van der Waals surface area (Å²) in [6.07, 6.45) is 0. The molecule has 0 spiro atoms. The first-order valence-electron chi connectivity index (χ1n) is 6.32. The second kappa shape index (κ2) is 4.78. The molecule has 2 unspecified atom stereocenters. The zero-order valence-electron chi connectivity index (χ0n) is 10.1. The van der Waals surface area contributed by atoms with E-state index in [2.05, 4.69) is 9.80 Å². The first kappa shape index (κ1) is 12.4. The Morgan fingerprint density at radius 1 is 1.28 bits per heavy atom. The van der Waals surface area contributed by atoms with E-state index in [4.69, 9.17) is 17.3 Å². The molecule has 0 aliphatic carbocycles. The Morgan fingerprint density at radius 3 is 2.61 bits per heavy atom. The van der Waals surface area contributed by atoms with Crippen LogP contribution < -0.4 is 5.73 Å². The normalized spacial score (nSPS) is 32.5. The van der Waals surface area contributed by atoms with E-state index < -0.39 is 0 Å². The first-order valence-corrected chi connectivity index (χ1v) is 6.70. The molecule has 0 aromatic heterocycles. The van der Waals surface area contributed by atoms with Crippen LogP contribution in [0.5, 0.6) is 0 Å². The molecule has 5 heteroatoms.